The third-order valence-corrected chi connectivity index (χ3v) is 4.25. The molecule has 122 valence electrons. The Bertz CT molecular complexity index is 869. The molecular weight excluding hydrogens is 306 g/mol. The summed E-state index contributed by atoms with van der Waals surface area (Å²) in [5.74, 6) is 1.95. The topological polar surface area (TPSA) is 95.7 Å². The molecule has 3 N–H and O–H groups in total. The minimum Gasteiger partial charge on any atom is -0.496 e. The summed E-state index contributed by atoms with van der Waals surface area (Å²) in [5.41, 5.74) is 2.31. The number of para-hydroxylation sites is 1. The maximum absolute atomic E-state index is 12.4. The quantitative estimate of drug-likeness (QED) is 0.686. The molecule has 1 aliphatic heterocycles. The van der Waals surface area contributed by atoms with Crippen molar-refractivity contribution in [2.24, 2.45) is 0 Å². The predicted octanol–water partition coefficient (Wildman–Crippen LogP) is 1.88. The van der Waals surface area contributed by atoms with Crippen LogP contribution in [0.15, 0.2) is 36.7 Å². The highest BCUT2D eigenvalue weighted by Gasteiger charge is 2.28. The van der Waals surface area contributed by atoms with E-state index in [9.17, 15) is 4.79 Å². The van der Waals surface area contributed by atoms with Crippen LogP contribution >= 0.6 is 0 Å². The van der Waals surface area contributed by atoms with Gasteiger partial charge in [-0.1, -0.05) is 18.2 Å². The first kappa shape index (κ1) is 14.5. The first-order chi connectivity index (χ1) is 11.8. The van der Waals surface area contributed by atoms with Crippen molar-refractivity contribution in [3.05, 3.63) is 53.6 Å². The molecule has 2 aromatic heterocycles. The number of nitrogens with one attached hydrogen (secondary N) is 3. The Labute approximate surface area is 138 Å². The van der Waals surface area contributed by atoms with Crippen molar-refractivity contribution in [1.29, 1.82) is 0 Å². The van der Waals surface area contributed by atoms with Crippen molar-refractivity contribution in [2.45, 2.75) is 12.3 Å². The van der Waals surface area contributed by atoms with Crippen LogP contribution in [0.1, 0.15) is 27.7 Å². The van der Waals surface area contributed by atoms with Gasteiger partial charge >= 0.3 is 0 Å². The maximum atomic E-state index is 12.4. The van der Waals surface area contributed by atoms with Gasteiger partial charge in [-0.15, -0.1) is 0 Å². The van der Waals surface area contributed by atoms with Crippen LogP contribution in [0.4, 0.5) is 0 Å². The number of imidazole rings is 2. The zero-order valence-corrected chi connectivity index (χ0v) is 13.2. The van der Waals surface area contributed by atoms with E-state index in [0.717, 1.165) is 17.0 Å². The average Bonchev–Trinajstić information content (AvgIpc) is 3.25. The van der Waals surface area contributed by atoms with Gasteiger partial charge < -0.3 is 20.0 Å². The van der Waals surface area contributed by atoms with Gasteiger partial charge in [0.1, 0.15) is 11.4 Å². The molecule has 7 nitrogen and oxygen atoms in total. The van der Waals surface area contributed by atoms with Gasteiger partial charge in [-0.3, -0.25) is 4.79 Å². The first-order valence-corrected chi connectivity index (χ1v) is 7.76. The van der Waals surface area contributed by atoms with Crippen LogP contribution in [0, 0.1) is 0 Å². The number of benzene rings is 1. The predicted molar refractivity (Wildman–Crippen MR) is 87.9 cm³/mol. The Kier molecular flexibility index (Phi) is 3.53. The molecule has 3 aromatic rings. The van der Waals surface area contributed by atoms with E-state index in [2.05, 4.69) is 25.3 Å². The van der Waals surface area contributed by atoms with Crippen LogP contribution in [0.3, 0.4) is 0 Å². The first-order valence-electron chi connectivity index (χ1n) is 7.76. The fourth-order valence-electron chi connectivity index (χ4n) is 3.09. The smallest absolute Gasteiger partial charge is 0.271 e. The van der Waals surface area contributed by atoms with Crippen LogP contribution < -0.4 is 10.1 Å². The van der Waals surface area contributed by atoms with E-state index >= 15 is 0 Å². The number of aromatic nitrogens is 4. The zero-order chi connectivity index (χ0) is 16.5. The average molecular weight is 323 g/mol. The van der Waals surface area contributed by atoms with Gasteiger partial charge in [0, 0.05) is 30.6 Å². The number of nitrogens with zero attached hydrogens (tertiary/aromatic N) is 2. The number of amides is 1. The summed E-state index contributed by atoms with van der Waals surface area (Å²) < 4.78 is 5.46. The number of H-pyrrole nitrogens is 2. The lowest BCUT2D eigenvalue weighted by Gasteiger charge is -2.17. The molecule has 4 rings (SSSR count). The van der Waals surface area contributed by atoms with Crippen molar-refractivity contribution in [1.82, 2.24) is 25.3 Å². The minimum atomic E-state index is -0.170. The molecule has 0 radical (unpaired) electrons. The summed E-state index contributed by atoms with van der Waals surface area (Å²) in [6.07, 6.45) is 4.05. The molecule has 3 heterocycles. The third kappa shape index (κ3) is 2.44. The molecule has 0 unspecified atom stereocenters. The van der Waals surface area contributed by atoms with Crippen molar-refractivity contribution >= 4 is 5.91 Å². The molecule has 24 heavy (non-hydrogen) atoms. The summed E-state index contributed by atoms with van der Waals surface area (Å²) >= 11 is 0. The third-order valence-electron chi connectivity index (χ3n) is 4.25. The highest BCUT2D eigenvalue weighted by atomic mass is 16.5. The van der Waals surface area contributed by atoms with Gasteiger partial charge in [0.2, 0.25) is 0 Å². The molecule has 0 fully saturated rings. The lowest BCUT2D eigenvalue weighted by atomic mass is 9.93. The van der Waals surface area contributed by atoms with E-state index in [1.54, 1.807) is 19.5 Å². The lowest BCUT2D eigenvalue weighted by molar-refractivity contribution is 0.0950. The largest absolute Gasteiger partial charge is 0.496 e. The van der Waals surface area contributed by atoms with Crippen molar-refractivity contribution in [3.63, 3.8) is 0 Å². The van der Waals surface area contributed by atoms with E-state index in [0.29, 0.717) is 30.3 Å². The number of aromatic amines is 2. The van der Waals surface area contributed by atoms with E-state index < -0.39 is 0 Å². The minimum absolute atomic E-state index is 0.108. The van der Waals surface area contributed by atoms with Crippen LogP contribution in [-0.2, 0) is 6.42 Å². The number of methoxy groups -OCH3 is 1. The van der Waals surface area contributed by atoms with Gasteiger partial charge in [0.15, 0.2) is 11.6 Å². The summed E-state index contributed by atoms with van der Waals surface area (Å²) in [4.78, 5) is 27.2. The van der Waals surface area contributed by atoms with Crippen LogP contribution in [0.2, 0.25) is 0 Å². The molecule has 0 saturated heterocycles. The summed E-state index contributed by atoms with van der Waals surface area (Å²) in [6.45, 7) is 0.541. The summed E-state index contributed by atoms with van der Waals surface area (Å²) in [6, 6.07) is 7.88. The van der Waals surface area contributed by atoms with Crippen molar-refractivity contribution < 1.29 is 9.53 Å². The molecule has 0 bridgehead atoms. The number of rotatable bonds is 3. The molecule has 0 saturated carbocycles. The fourth-order valence-corrected chi connectivity index (χ4v) is 3.09. The highest BCUT2D eigenvalue weighted by Crippen LogP contribution is 2.31. The summed E-state index contributed by atoms with van der Waals surface area (Å²) in [5, 5.41) is 2.95. The maximum Gasteiger partial charge on any atom is 0.271 e. The Morgan fingerprint density at radius 3 is 2.92 bits per heavy atom. The number of carbonyl (C=O) groups excluding carboxylic acids is 1. The second-order valence-corrected chi connectivity index (χ2v) is 5.70. The molecule has 1 amide bonds. The van der Waals surface area contributed by atoms with Gasteiger partial charge in [0.05, 0.1) is 7.11 Å². The van der Waals surface area contributed by atoms with E-state index in [1.165, 1.54) is 0 Å². The number of carbonyl (C=O) groups is 1. The van der Waals surface area contributed by atoms with Gasteiger partial charge in [-0.25, -0.2) is 9.97 Å². The zero-order valence-electron chi connectivity index (χ0n) is 13.2. The standard InChI is InChI=1S/C17H17N5O2/c1-24-13-5-3-2-4-11(13)10-8-12-14(17(23)20-9-10)22-16(21-12)15-18-6-7-19-15/h2-7,10H,8-9H2,1H3,(H,18,19)(H,20,23)(H,21,22)/t10-/m0/s1. The molecule has 1 aromatic carbocycles. The Hall–Kier alpha value is -3.09. The second kappa shape index (κ2) is 5.84. The van der Waals surface area contributed by atoms with Gasteiger partial charge in [0.25, 0.3) is 5.91 Å². The van der Waals surface area contributed by atoms with E-state index in [1.807, 2.05) is 24.3 Å². The number of fused-ring (bicyclic) bond motifs is 1. The Balaban J connectivity index is 1.72. The molecule has 0 aliphatic carbocycles. The fraction of sp³-hybridized carbons (Fsp3) is 0.235. The Morgan fingerprint density at radius 1 is 1.25 bits per heavy atom. The molecule has 1 atom stereocenters. The monoisotopic (exact) mass is 323 g/mol. The second-order valence-electron chi connectivity index (χ2n) is 5.70. The van der Waals surface area contributed by atoms with Gasteiger partial charge in [-0.05, 0) is 18.1 Å². The molecular formula is C17H17N5O2. The molecule has 7 heteroatoms. The highest BCUT2D eigenvalue weighted by molar-refractivity contribution is 5.94. The van der Waals surface area contributed by atoms with Crippen LogP contribution in [0.25, 0.3) is 11.6 Å². The van der Waals surface area contributed by atoms with E-state index in [-0.39, 0.29) is 11.8 Å². The lowest BCUT2D eigenvalue weighted by Crippen LogP contribution is -2.26. The molecule has 1 aliphatic rings. The molecule has 0 spiro atoms. The van der Waals surface area contributed by atoms with Gasteiger partial charge in [-0.2, -0.15) is 0 Å². The summed E-state index contributed by atoms with van der Waals surface area (Å²) in [7, 11) is 1.66. The van der Waals surface area contributed by atoms with Crippen molar-refractivity contribution in [2.75, 3.05) is 13.7 Å². The number of hydrogen-bond acceptors (Lipinski definition) is 4. The number of hydrogen-bond donors (Lipinski definition) is 3. The normalized spacial score (nSPS) is 17.0. The number of ether oxygens (including phenoxy) is 1. The van der Waals surface area contributed by atoms with Crippen LogP contribution in [-0.4, -0.2) is 39.5 Å². The Morgan fingerprint density at radius 2 is 2.12 bits per heavy atom. The van der Waals surface area contributed by atoms with Crippen molar-refractivity contribution in [3.8, 4) is 17.4 Å². The van der Waals surface area contributed by atoms with E-state index in [4.69, 9.17) is 4.74 Å². The van der Waals surface area contributed by atoms with Crippen LogP contribution in [0.5, 0.6) is 5.75 Å². The SMILES string of the molecule is COc1ccccc1[C@@H]1CNC(=O)c2nc(-c3ncc[nH]3)[nH]c2C1.